The largest absolute Gasteiger partial charge is 0.417 e. The SMILES string of the molecule is CC(C)(C)[Si](C)(C)OCC1C2CC(=O)C(C=O)=CC2CC1C1CCCCO1. The maximum Gasteiger partial charge on any atom is 0.191 e. The van der Waals surface area contributed by atoms with Gasteiger partial charge in [-0.1, -0.05) is 26.8 Å². The summed E-state index contributed by atoms with van der Waals surface area (Å²) in [5, 5.41) is 0.175. The van der Waals surface area contributed by atoms with Crippen molar-refractivity contribution in [3.8, 4) is 0 Å². The fraction of sp³-hybridized carbons (Fsp3) is 0.818. The summed E-state index contributed by atoms with van der Waals surface area (Å²) in [6.07, 6.45) is 7.96. The van der Waals surface area contributed by atoms with Gasteiger partial charge >= 0.3 is 0 Å². The number of carbonyl (C=O) groups excluding carboxylic acids is 2. The van der Waals surface area contributed by atoms with Crippen molar-refractivity contribution in [1.82, 2.24) is 0 Å². The van der Waals surface area contributed by atoms with E-state index in [1.165, 1.54) is 6.42 Å². The number of fused-ring (bicyclic) bond motifs is 1. The molecule has 4 nitrogen and oxygen atoms in total. The Labute approximate surface area is 165 Å². The van der Waals surface area contributed by atoms with Gasteiger partial charge in [0.25, 0.3) is 0 Å². The molecule has 5 atom stereocenters. The van der Waals surface area contributed by atoms with Gasteiger partial charge in [-0.05, 0) is 67.5 Å². The molecule has 1 aliphatic heterocycles. The molecule has 0 bridgehead atoms. The van der Waals surface area contributed by atoms with Crippen LogP contribution >= 0.6 is 0 Å². The van der Waals surface area contributed by atoms with Gasteiger partial charge in [-0.3, -0.25) is 9.59 Å². The normalized spacial score (nSPS) is 34.9. The second kappa shape index (κ2) is 7.92. The van der Waals surface area contributed by atoms with E-state index in [0.29, 0.717) is 35.7 Å². The molecule has 0 spiro atoms. The topological polar surface area (TPSA) is 52.6 Å². The summed E-state index contributed by atoms with van der Waals surface area (Å²) in [6.45, 7) is 13.0. The highest BCUT2D eigenvalue weighted by Gasteiger charge is 2.49. The first-order chi connectivity index (χ1) is 12.6. The van der Waals surface area contributed by atoms with E-state index in [2.05, 4.69) is 33.9 Å². The third-order valence-corrected chi connectivity index (χ3v) is 12.1. The third-order valence-electron chi connectivity index (χ3n) is 7.59. The lowest BCUT2D eigenvalue weighted by Gasteiger charge is -2.40. The summed E-state index contributed by atoms with van der Waals surface area (Å²) < 4.78 is 12.8. The molecule has 0 amide bonds. The van der Waals surface area contributed by atoms with Gasteiger partial charge < -0.3 is 9.16 Å². The van der Waals surface area contributed by atoms with Gasteiger partial charge in [0, 0.05) is 19.6 Å². The van der Waals surface area contributed by atoms with Gasteiger partial charge in [0.2, 0.25) is 0 Å². The number of ketones is 1. The number of hydrogen-bond donors (Lipinski definition) is 0. The first-order valence-electron chi connectivity index (χ1n) is 10.6. The Morgan fingerprint density at radius 3 is 2.59 bits per heavy atom. The molecule has 27 heavy (non-hydrogen) atoms. The lowest BCUT2D eigenvalue weighted by atomic mass is 9.77. The van der Waals surface area contributed by atoms with Gasteiger partial charge in [0.1, 0.15) is 0 Å². The van der Waals surface area contributed by atoms with E-state index >= 15 is 0 Å². The Morgan fingerprint density at radius 2 is 2.00 bits per heavy atom. The molecule has 0 N–H and O–H groups in total. The van der Waals surface area contributed by atoms with E-state index in [9.17, 15) is 9.59 Å². The lowest BCUT2D eigenvalue weighted by molar-refractivity contribution is -0.119. The molecule has 3 rings (SSSR count). The van der Waals surface area contributed by atoms with E-state index in [-0.39, 0.29) is 16.9 Å². The summed E-state index contributed by atoms with van der Waals surface area (Å²) in [5.74, 6) is 1.39. The first kappa shape index (κ1) is 20.9. The molecule has 1 heterocycles. The van der Waals surface area contributed by atoms with Crippen molar-refractivity contribution in [2.75, 3.05) is 13.2 Å². The first-order valence-corrected chi connectivity index (χ1v) is 13.5. The molecule has 0 aromatic carbocycles. The van der Waals surface area contributed by atoms with Gasteiger partial charge in [0.15, 0.2) is 20.4 Å². The minimum atomic E-state index is -1.84. The fourth-order valence-electron chi connectivity index (χ4n) is 4.85. The molecule has 2 aliphatic carbocycles. The van der Waals surface area contributed by atoms with Crippen LogP contribution in [0.3, 0.4) is 0 Å². The van der Waals surface area contributed by atoms with Crippen LogP contribution in [-0.2, 0) is 18.8 Å². The second-order valence-corrected chi connectivity index (χ2v) is 15.0. The van der Waals surface area contributed by atoms with Crippen molar-refractivity contribution in [3.05, 3.63) is 11.6 Å². The van der Waals surface area contributed by atoms with Crippen molar-refractivity contribution in [2.45, 2.75) is 77.1 Å². The Bertz CT molecular complexity index is 598. The fourth-order valence-corrected chi connectivity index (χ4v) is 5.89. The van der Waals surface area contributed by atoms with Crippen molar-refractivity contribution in [2.24, 2.45) is 23.7 Å². The molecule has 3 aliphatic rings. The van der Waals surface area contributed by atoms with Crippen molar-refractivity contribution < 1.29 is 18.8 Å². The minimum absolute atomic E-state index is 0.00814. The predicted octanol–water partition coefficient (Wildman–Crippen LogP) is 4.54. The highest BCUT2D eigenvalue weighted by atomic mass is 28.4. The number of allylic oxidation sites excluding steroid dienone is 2. The summed E-state index contributed by atoms with van der Waals surface area (Å²) >= 11 is 0. The number of ether oxygens (including phenoxy) is 1. The van der Waals surface area contributed by atoms with Crippen LogP contribution < -0.4 is 0 Å². The monoisotopic (exact) mass is 392 g/mol. The average Bonchev–Trinajstić information content (AvgIpc) is 2.96. The third kappa shape index (κ3) is 4.30. The van der Waals surface area contributed by atoms with Crippen LogP contribution in [0.5, 0.6) is 0 Å². The summed E-state index contributed by atoms with van der Waals surface area (Å²) in [6, 6.07) is 0. The predicted molar refractivity (Wildman–Crippen MR) is 109 cm³/mol. The molecule has 1 saturated heterocycles. The van der Waals surface area contributed by atoms with Gasteiger partial charge in [-0.15, -0.1) is 0 Å². The van der Waals surface area contributed by atoms with Crippen LogP contribution in [0, 0.1) is 23.7 Å². The minimum Gasteiger partial charge on any atom is -0.417 e. The van der Waals surface area contributed by atoms with E-state index < -0.39 is 8.32 Å². The maximum absolute atomic E-state index is 12.4. The second-order valence-electron chi connectivity index (χ2n) is 10.2. The van der Waals surface area contributed by atoms with Crippen LogP contribution in [-0.4, -0.2) is 39.7 Å². The number of aldehydes is 1. The van der Waals surface area contributed by atoms with E-state index in [1.807, 2.05) is 6.08 Å². The Balaban J connectivity index is 1.81. The zero-order valence-electron chi connectivity index (χ0n) is 17.6. The highest BCUT2D eigenvalue weighted by molar-refractivity contribution is 6.74. The number of Topliss-reactive ketones (excluding diaryl/α,β-unsaturated/α-hetero) is 1. The maximum atomic E-state index is 12.4. The summed E-state index contributed by atoms with van der Waals surface area (Å²) in [4.78, 5) is 23.7. The molecule has 0 aromatic rings. The van der Waals surface area contributed by atoms with Gasteiger partial charge in [-0.25, -0.2) is 0 Å². The lowest BCUT2D eigenvalue weighted by Crippen LogP contribution is -2.44. The van der Waals surface area contributed by atoms with Crippen LogP contribution in [0.15, 0.2) is 11.6 Å². The zero-order chi connectivity index (χ0) is 19.8. The van der Waals surface area contributed by atoms with Gasteiger partial charge in [0.05, 0.1) is 11.7 Å². The van der Waals surface area contributed by atoms with Crippen LogP contribution in [0.4, 0.5) is 0 Å². The number of hydrogen-bond acceptors (Lipinski definition) is 4. The average molecular weight is 393 g/mol. The zero-order valence-corrected chi connectivity index (χ0v) is 18.6. The number of carbonyl (C=O) groups is 2. The van der Waals surface area contributed by atoms with Crippen molar-refractivity contribution >= 4 is 20.4 Å². The Hall–Kier alpha value is -0.783. The molecule has 5 unspecified atom stereocenters. The molecule has 5 heteroatoms. The van der Waals surface area contributed by atoms with Crippen molar-refractivity contribution in [3.63, 3.8) is 0 Å². The molecule has 0 aromatic heterocycles. The summed E-state index contributed by atoms with van der Waals surface area (Å²) in [5.41, 5.74) is 0.380. The van der Waals surface area contributed by atoms with E-state index in [0.717, 1.165) is 38.8 Å². The van der Waals surface area contributed by atoms with E-state index in [4.69, 9.17) is 9.16 Å². The highest BCUT2D eigenvalue weighted by Crippen LogP contribution is 2.50. The Morgan fingerprint density at radius 1 is 1.26 bits per heavy atom. The molecule has 152 valence electrons. The molecule has 0 radical (unpaired) electrons. The molecule has 1 saturated carbocycles. The standard InChI is InChI=1S/C22H36O4Si/c1-22(2,3)27(4,5)26-14-19-17-12-20(24)16(13-23)10-15(17)11-18(19)21-8-6-7-9-25-21/h10,13,15,17-19,21H,6-9,11-12,14H2,1-5H3. The van der Waals surface area contributed by atoms with E-state index in [1.54, 1.807) is 0 Å². The molecular formula is C22H36O4Si. The summed E-state index contributed by atoms with van der Waals surface area (Å²) in [7, 11) is -1.84. The quantitative estimate of drug-likeness (QED) is 0.391. The number of rotatable bonds is 5. The smallest absolute Gasteiger partial charge is 0.191 e. The van der Waals surface area contributed by atoms with Gasteiger partial charge in [-0.2, -0.15) is 0 Å². The van der Waals surface area contributed by atoms with Crippen LogP contribution in [0.2, 0.25) is 18.1 Å². The Kier molecular flexibility index (Phi) is 6.14. The molecular weight excluding hydrogens is 356 g/mol. The van der Waals surface area contributed by atoms with Crippen molar-refractivity contribution in [1.29, 1.82) is 0 Å². The van der Waals surface area contributed by atoms with Crippen LogP contribution in [0.1, 0.15) is 52.9 Å². The van der Waals surface area contributed by atoms with Crippen LogP contribution in [0.25, 0.3) is 0 Å². The molecule has 2 fully saturated rings.